The lowest BCUT2D eigenvalue weighted by molar-refractivity contribution is -0.858. The zero-order valence-corrected chi connectivity index (χ0v) is 15.4. The fourth-order valence-corrected chi connectivity index (χ4v) is 3.65. The fourth-order valence-electron chi connectivity index (χ4n) is 2.69. The largest absolute Gasteiger partial charge is 0.340 e. The third-order valence-electron chi connectivity index (χ3n) is 3.98. The summed E-state index contributed by atoms with van der Waals surface area (Å²) >= 11 is 1.62. The second-order valence-corrected chi connectivity index (χ2v) is 7.16. The average molecular weight is 356 g/mol. The number of nitrogens with one attached hydrogen (secondary N) is 1. The first kappa shape index (κ1) is 17.6. The molecule has 0 unspecified atom stereocenters. The van der Waals surface area contributed by atoms with E-state index in [0.29, 0.717) is 0 Å². The molecule has 130 valence electrons. The number of rotatable bonds is 6. The first-order chi connectivity index (χ1) is 12.1. The minimum Gasteiger partial charge on any atom is -0.340 e. The van der Waals surface area contributed by atoms with Gasteiger partial charge in [-0.05, 0) is 42.0 Å². The Bertz CT molecular complexity index is 864. The number of benzene rings is 2. The van der Waals surface area contributed by atoms with Crippen LogP contribution in [-0.4, -0.2) is 25.2 Å². The van der Waals surface area contributed by atoms with Crippen LogP contribution in [0.4, 0.5) is 10.1 Å². The molecule has 0 saturated carbocycles. The smallest absolute Gasteiger partial charge is 0.190 e. The molecule has 3 nitrogen and oxygen atoms in total. The van der Waals surface area contributed by atoms with Crippen molar-refractivity contribution in [2.24, 2.45) is 4.99 Å². The molecule has 0 aliphatic rings. The van der Waals surface area contributed by atoms with Gasteiger partial charge in [-0.3, -0.25) is 0 Å². The zero-order valence-electron chi connectivity index (χ0n) is 14.6. The van der Waals surface area contributed by atoms with Crippen molar-refractivity contribution in [1.29, 1.82) is 0 Å². The number of hydrogen-bond acceptors (Lipinski definition) is 2. The number of nitrogens with zero attached hydrogens (tertiary/aromatic N) is 2. The van der Waals surface area contributed by atoms with Crippen molar-refractivity contribution in [2.45, 2.75) is 13.0 Å². The Hall–Kier alpha value is -2.24. The minimum atomic E-state index is -0.212. The van der Waals surface area contributed by atoms with Gasteiger partial charge in [0.15, 0.2) is 4.80 Å². The van der Waals surface area contributed by atoms with E-state index in [1.54, 1.807) is 11.3 Å². The van der Waals surface area contributed by atoms with Gasteiger partial charge in [-0.25, -0.2) is 9.38 Å². The fraction of sp³-hybridized carbons (Fsp3) is 0.250. The molecule has 2 aromatic carbocycles. The molecule has 0 fully saturated rings. The molecule has 0 spiro atoms. The van der Waals surface area contributed by atoms with Gasteiger partial charge in [0, 0.05) is 18.3 Å². The van der Waals surface area contributed by atoms with Crippen LogP contribution >= 0.6 is 11.3 Å². The second kappa shape index (κ2) is 8.23. The van der Waals surface area contributed by atoms with E-state index in [-0.39, 0.29) is 5.82 Å². The monoisotopic (exact) mass is 356 g/mol. The number of hydrogen-bond donors (Lipinski definition) is 1. The lowest BCUT2D eigenvalue weighted by Crippen LogP contribution is -3.05. The van der Waals surface area contributed by atoms with Gasteiger partial charge in [0.2, 0.25) is 0 Å². The van der Waals surface area contributed by atoms with Gasteiger partial charge in [-0.2, -0.15) is 0 Å². The van der Waals surface area contributed by atoms with Crippen LogP contribution < -0.4 is 9.70 Å². The molecule has 5 heteroatoms. The highest BCUT2D eigenvalue weighted by atomic mass is 32.1. The van der Waals surface area contributed by atoms with Gasteiger partial charge in [0.25, 0.3) is 0 Å². The van der Waals surface area contributed by atoms with Crippen LogP contribution in [0, 0.1) is 5.82 Å². The molecular weight excluding hydrogens is 333 g/mol. The van der Waals surface area contributed by atoms with Crippen molar-refractivity contribution in [2.75, 3.05) is 20.6 Å². The van der Waals surface area contributed by atoms with Crippen LogP contribution in [-0.2, 0) is 6.54 Å². The Balaban J connectivity index is 2.00. The molecule has 1 N–H and O–H groups in total. The van der Waals surface area contributed by atoms with Crippen molar-refractivity contribution in [1.82, 2.24) is 4.57 Å². The number of aromatic nitrogens is 1. The van der Waals surface area contributed by atoms with E-state index < -0.39 is 0 Å². The molecule has 25 heavy (non-hydrogen) atoms. The molecule has 1 aromatic heterocycles. The maximum Gasteiger partial charge on any atom is 0.190 e. The molecule has 0 saturated heterocycles. The topological polar surface area (TPSA) is 21.7 Å². The van der Waals surface area contributed by atoms with Crippen molar-refractivity contribution in [3.8, 4) is 11.3 Å². The summed E-state index contributed by atoms with van der Waals surface area (Å²) in [5.74, 6) is -0.212. The van der Waals surface area contributed by atoms with Crippen LogP contribution in [0.1, 0.15) is 6.42 Å². The highest BCUT2D eigenvalue weighted by Gasteiger charge is 2.09. The molecule has 1 heterocycles. The molecule has 3 rings (SSSR count). The van der Waals surface area contributed by atoms with Crippen LogP contribution in [0.5, 0.6) is 0 Å². The minimum absolute atomic E-state index is 0.212. The van der Waals surface area contributed by atoms with Crippen LogP contribution in [0.15, 0.2) is 65.0 Å². The summed E-state index contributed by atoms with van der Waals surface area (Å²) in [6.45, 7) is 1.99. The first-order valence-electron chi connectivity index (χ1n) is 8.46. The van der Waals surface area contributed by atoms with E-state index >= 15 is 0 Å². The standard InChI is InChI=1S/C20H22FN3S/c1-23(2)13-6-14-24-19(16-9-11-17(21)12-10-16)15-25-20(24)22-18-7-4-3-5-8-18/h3-5,7-12,15H,6,13-14H2,1-2H3/p+1. The molecule has 0 bridgehead atoms. The Morgan fingerprint density at radius 1 is 1.04 bits per heavy atom. The summed E-state index contributed by atoms with van der Waals surface area (Å²) in [6.07, 6.45) is 1.06. The number of halogens is 1. The van der Waals surface area contributed by atoms with E-state index in [9.17, 15) is 4.39 Å². The van der Waals surface area contributed by atoms with Gasteiger partial charge in [0.05, 0.1) is 32.0 Å². The Morgan fingerprint density at radius 3 is 2.44 bits per heavy atom. The molecule has 0 aliphatic heterocycles. The lowest BCUT2D eigenvalue weighted by Gasteiger charge is -2.11. The third-order valence-corrected chi connectivity index (χ3v) is 4.84. The quantitative estimate of drug-likeness (QED) is 0.701. The Morgan fingerprint density at radius 2 is 1.76 bits per heavy atom. The summed E-state index contributed by atoms with van der Waals surface area (Å²) in [5, 5.41) is 2.11. The predicted molar refractivity (Wildman–Crippen MR) is 102 cm³/mol. The summed E-state index contributed by atoms with van der Waals surface area (Å²) in [7, 11) is 4.32. The predicted octanol–water partition coefficient (Wildman–Crippen LogP) is 3.12. The van der Waals surface area contributed by atoms with E-state index in [2.05, 4.69) is 24.0 Å². The number of quaternary nitrogens is 1. The normalized spacial score (nSPS) is 12.1. The molecule has 0 aliphatic carbocycles. The average Bonchev–Trinajstić information content (AvgIpc) is 2.99. The van der Waals surface area contributed by atoms with Gasteiger partial charge >= 0.3 is 0 Å². The van der Waals surface area contributed by atoms with Gasteiger partial charge in [-0.1, -0.05) is 18.2 Å². The highest BCUT2D eigenvalue weighted by molar-refractivity contribution is 7.07. The molecule has 0 atom stereocenters. The maximum atomic E-state index is 13.3. The van der Waals surface area contributed by atoms with Crippen LogP contribution in [0.25, 0.3) is 11.3 Å². The summed E-state index contributed by atoms with van der Waals surface area (Å²) in [5.41, 5.74) is 3.06. The van der Waals surface area contributed by atoms with E-state index in [1.807, 2.05) is 42.5 Å². The molecule has 0 radical (unpaired) electrons. The van der Waals surface area contributed by atoms with E-state index in [1.165, 1.54) is 17.0 Å². The Labute approximate surface area is 151 Å². The van der Waals surface area contributed by atoms with Crippen molar-refractivity contribution < 1.29 is 9.29 Å². The molecular formula is C20H23FN3S+. The van der Waals surface area contributed by atoms with Crippen molar-refractivity contribution in [3.63, 3.8) is 0 Å². The van der Waals surface area contributed by atoms with Crippen molar-refractivity contribution >= 4 is 17.0 Å². The number of para-hydroxylation sites is 1. The number of thiazole rings is 1. The zero-order chi connectivity index (χ0) is 17.6. The summed E-state index contributed by atoms with van der Waals surface area (Å²) in [4.78, 5) is 7.21. The summed E-state index contributed by atoms with van der Waals surface area (Å²) < 4.78 is 15.5. The van der Waals surface area contributed by atoms with Gasteiger partial charge < -0.3 is 9.47 Å². The SMILES string of the molecule is C[NH+](C)CCCn1c(-c2ccc(F)cc2)csc1=Nc1ccccc1. The highest BCUT2D eigenvalue weighted by Crippen LogP contribution is 2.21. The summed E-state index contributed by atoms with van der Waals surface area (Å²) in [6, 6.07) is 16.7. The van der Waals surface area contributed by atoms with Gasteiger partial charge in [-0.15, -0.1) is 11.3 Å². The Kier molecular flexibility index (Phi) is 5.79. The maximum absolute atomic E-state index is 13.3. The molecule has 0 amide bonds. The molecule has 3 aromatic rings. The van der Waals surface area contributed by atoms with Crippen molar-refractivity contribution in [3.05, 3.63) is 70.6 Å². The van der Waals surface area contributed by atoms with E-state index in [4.69, 9.17) is 4.99 Å². The second-order valence-electron chi connectivity index (χ2n) is 6.32. The van der Waals surface area contributed by atoms with Crippen LogP contribution in [0.2, 0.25) is 0 Å². The lowest BCUT2D eigenvalue weighted by atomic mass is 10.1. The van der Waals surface area contributed by atoms with Gasteiger partial charge in [0.1, 0.15) is 5.82 Å². The van der Waals surface area contributed by atoms with Crippen LogP contribution in [0.3, 0.4) is 0 Å². The van der Waals surface area contributed by atoms with E-state index in [0.717, 1.165) is 41.3 Å². The third kappa shape index (κ3) is 4.65. The first-order valence-corrected chi connectivity index (χ1v) is 9.34.